The fourth-order valence-electron chi connectivity index (χ4n) is 4.99. The predicted molar refractivity (Wildman–Crippen MR) is 121 cm³/mol. The van der Waals surface area contributed by atoms with E-state index in [4.69, 9.17) is 4.74 Å². The fraction of sp³-hybridized carbons (Fsp3) is 0.360. The Hall–Kier alpha value is -3.26. The van der Waals surface area contributed by atoms with Gasteiger partial charge < -0.3 is 14.4 Å². The van der Waals surface area contributed by atoms with Crippen LogP contribution < -0.4 is 0 Å². The minimum absolute atomic E-state index is 0.0149. The standard InChI is InChI=1S/C25H25F2N3O3/c1-13(2)23-19(14-8-9-25(3,24(31)32)33-12-14)20-18(10-15-11-28-29-22(15)21(20)27)30(23)17-6-4-16(26)5-7-17/h4-7,10-11,13-14H,8-9,12H2,1-3H3,(H,28,29)(H,31,32)/t14-,25+/m0/s1. The Morgan fingerprint density at radius 1 is 1.30 bits per heavy atom. The number of aliphatic carboxylic acids is 1. The van der Waals surface area contributed by atoms with E-state index in [2.05, 4.69) is 10.2 Å². The van der Waals surface area contributed by atoms with Crippen LogP contribution in [-0.2, 0) is 9.53 Å². The summed E-state index contributed by atoms with van der Waals surface area (Å²) in [5.74, 6) is -1.91. The third-order valence-corrected chi connectivity index (χ3v) is 6.75. The summed E-state index contributed by atoms with van der Waals surface area (Å²) in [7, 11) is 0. The summed E-state index contributed by atoms with van der Waals surface area (Å²) in [6.45, 7) is 5.82. The van der Waals surface area contributed by atoms with Gasteiger partial charge in [0, 0.05) is 28.1 Å². The number of aromatic nitrogens is 3. The number of nitrogens with zero attached hydrogens (tertiary/aromatic N) is 2. The summed E-state index contributed by atoms with van der Waals surface area (Å²) in [4.78, 5) is 11.7. The maximum Gasteiger partial charge on any atom is 0.335 e. The van der Waals surface area contributed by atoms with E-state index in [1.54, 1.807) is 25.3 Å². The lowest BCUT2D eigenvalue weighted by Crippen LogP contribution is -2.43. The van der Waals surface area contributed by atoms with E-state index in [0.29, 0.717) is 34.6 Å². The van der Waals surface area contributed by atoms with Crippen molar-refractivity contribution < 1.29 is 23.4 Å². The molecule has 2 N–H and O–H groups in total. The number of halogens is 2. The van der Waals surface area contributed by atoms with E-state index in [1.165, 1.54) is 12.1 Å². The van der Waals surface area contributed by atoms with Crippen LogP contribution in [0.1, 0.15) is 56.7 Å². The van der Waals surface area contributed by atoms with Crippen molar-refractivity contribution in [3.63, 3.8) is 0 Å². The van der Waals surface area contributed by atoms with Crippen molar-refractivity contribution >= 4 is 27.8 Å². The molecule has 0 spiro atoms. The highest BCUT2D eigenvalue weighted by Crippen LogP contribution is 2.45. The second kappa shape index (κ2) is 7.66. The second-order valence-electron chi connectivity index (χ2n) is 9.27. The SMILES string of the molecule is CC(C)c1c([C@H]2CC[C@](C)(C(=O)O)OC2)c2c(F)c3[nH]ncc3cc2n1-c1ccc(F)cc1. The average Bonchev–Trinajstić information content (AvgIpc) is 3.38. The summed E-state index contributed by atoms with van der Waals surface area (Å²) >= 11 is 0. The molecule has 2 aromatic carbocycles. The highest BCUT2D eigenvalue weighted by Gasteiger charge is 2.41. The number of carboxylic acids is 1. The Morgan fingerprint density at radius 2 is 2.03 bits per heavy atom. The number of carbonyl (C=O) groups is 1. The van der Waals surface area contributed by atoms with Gasteiger partial charge in [0.2, 0.25) is 0 Å². The zero-order chi connectivity index (χ0) is 23.5. The molecule has 6 nitrogen and oxygen atoms in total. The summed E-state index contributed by atoms with van der Waals surface area (Å²) in [6.07, 6.45) is 2.45. The first-order chi connectivity index (χ1) is 15.7. The third kappa shape index (κ3) is 3.31. The molecule has 0 bridgehead atoms. The molecule has 1 aliphatic rings. The quantitative estimate of drug-likeness (QED) is 0.419. The molecule has 0 amide bonds. The van der Waals surface area contributed by atoms with Gasteiger partial charge in [-0.2, -0.15) is 5.10 Å². The molecule has 4 aromatic rings. The van der Waals surface area contributed by atoms with E-state index in [0.717, 1.165) is 16.9 Å². The molecule has 1 fully saturated rings. The zero-order valence-corrected chi connectivity index (χ0v) is 18.7. The topological polar surface area (TPSA) is 80.1 Å². The Morgan fingerprint density at radius 3 is 2.64 bits per heavy atom. The number of benzene rings is 2. The van der Waals surface area contributed by atoms with Gasteiger partial charge in [-0.1, -0.05) is 13.8 Å². The van der Waals surface area contributed by atoms with E-state index in [9.17, 15) is 14.3 Å². The Balaban J connectivity index is 1.80. The number of ether oxygens (including phenoxy) is 1. The lowest BCUT2D eigenvalue weighted by molar-refractivity contribution is -0.170. The van der Waals surface area contributed by atoms with Gasteiger partial charge in [-0.25, -0.2) is 13.6 Å². The Labute approximate surface area is 189 Å². The van der Waals surface area contributed by atoms with Gasteiger partial charge in [0.15, 0.2) is 11.4 Å². The zero-order valence-electron chi connectivity index (χ0n) is 18.7. The molecule has 0 aliphatic carbocycles. The number of H-pyrrole nitrogens is 1. The molecule has 3 heterocycles. The molecular weight excluding hydrogens is 428 g/mol. The number of fused-ring (bicyclic) bond motifs is 2. The molecule has 5 rings (SSSR count). The van der Waals surface area contributed by atoms with E-state index in [1.807, 2.05) is 24.5 Å². The number of rotatable bonds is 4. The van der Waals surface area contributed by atoms with Crippen LogP contribution in [0.4, 0.5) is 8.78 Å². The number of carboxylic acid groups (broad SMARTS) is 1. The van der Waals surface area contributed by atoms with Crippen molar-refractivity contribution in [2.45, 2.75) is 51.0 Å². The second-order valence-corrected chi connectivity index (χ2v) is 9.27. The highest BCUT2D eigenvalue weighted by molar-refractivity contribution is 5.99. The Bertz CT molecular complexity index is 1360. The first-order valence-electron chi connectivity index (χ1n) is 11.0. The molecule has 2 aromatic heterocycles. The predicted octanol–water partition coefficient (Wildman–Crippen LogP) is 5.65. The number of aromatic amines is 1. The molecule has 0 saturated carbocycles. The van der Waals surface area contributed by atoms with Gasteiger partial charge in [-0.3, -0.25) is 5.10 Å². The fourth-order valence-corrected chi connectivity index (χ4v) is 4.99. The molecular formula is C25H25F2N3O3. The van der Waals surface area contributed by atoms with Gasteiger partial charge in [0.1, 0.15) is 11.3 Å². The van der Waals surface area contributed by atoms with Gasteiger partial charge in [0.05, 0.1) is 18.3 Å². The van der Waals surface area contributed by atoms with Crippen LogP contribution in [0.5, 0.6) is 0 Å². The normalized spacial score (nSPS) is 21.3. The summed E-state index contributed by atoms with van der Waals surface area (Å²) in [6, 6.07) is 8.03. The summed E-state index contributed by atoms with van der Waals surface area (Å²) in [5.41, 5.74) is 2.18. The van der Waals surface area contributed by atoms with Crippen molar-refractivity contribution in [2.24, 2.45) is 0 Å². The van der Waals surface area contributed by atoms with Crippen LogP contribution in [0.3, 0.4) is 0 Å². The smallest absolute Gasteiger partial charge is 0.335 e. The molecule has 2 atom stereocenters. The first-order valence-corrected chi connectivity index (χ1v) is 11.0. The monoisotopic (exact) mass is 453 g/mol. The number of hydrogen-bond acceptors (Lipinski definition) is 3. The van der Waals surface area contributed by atoms with Gasteiger partial charge in [0.25, 0.3) is 0 Å². The lowest BCUT2D eigenvalue weighted by atomic mass is 9.83. The van der Waals surface area contributed by atoms with Gasteiger partial charge in [-0.15, -0.1) is 0 Å². The maximum atomic E-state index is 16.0. The molecule has 0 unspecified atom stereocenters. The van der Waals surface area contributed by atoms with Crippen LogP contribution in [0.2, 0.25) is 0 Å². The minimum atomic E-state index is -1.25. The molecule has 1 saturated heterocycles. The summed E-state index contributed by atoms with van der Waals surface area (Å²) < 4.78 is 37.4. The minimum Gasteiger partial charge on any atom is -0.479 e. The first kappa shape index (κ1) is 21.6. The van der Waals surface area contributed by atoms with E-state index in [-0.39, 0.29) is 24.3 Å². The average molecular weight is 453 g/mol. The van der Waals surface area contributed by atoms with Crippen molar-refractivity contribution in [3.8, 4) is 5.69 Å². The van der Waals surface area contributed by atoms with Crippen LogP contribution in [0.25, 0.3) is 27.5 Å². The maximum absolute atomic E-state index is 16.0. The molecule has 33 heavy (non-hydrogen) atoms. The highest BCUT2D eigenvalue weighted by atomic mass is 19.1. The van der Waals surface area contributed by atoms with Crippen LogP contribution >= 0.6 is 0 Å². The Kier molecular flexibility index (Phi) is 5.01. The molecule has 172 valence electrons. The van der Waals surface area contributed by atoms with Gasteiger partial charge in [-0.05, 0) is 61.6 Å². The molecule has 0 radical (unpaired) electrons. The molecule has 1 aliphatic heterocycles. The van der Waals surface area contributed by atoms with Crippen LogP contribution in [0, 0.1) is 11.6 Å². The van der Waals surface area contributed by atoms with Crippen molar-refractivity contribution in [1.82, 2.24) is 14.8 Å². The van der Waals surface area contributed by atoms with Crippen LogP contribution in [0.15, 0.2) is 36.5 Å². The summed E-state index contributed by atoms with van der Waals surface area (Å²) in [5, 5.41) is 17.4. The van der Waals surface area contributed by atoms with Crippen molar-refractivity contribution in [3.05, 3.63) is 59.4 Å². The molecule has 8 heteroatoms. The van der Waals surface area contributed by atoms with Crippen molar-refractivity contribution in [2.75, 3.05) is 6.61 Å². The largest absolute Gasteiger partial charge is 0.479 e. The lowest BCUT2D eigenvalue weighted by Gasteiger charge is -2.35. The van der Waals surface area contributed by atoms with E-state index < -0.39 is 17.4 Å². The number of nitrogens with one attached hydrogen (secondary N) is 1. The van der Waals surface area contributed by atoms with Gasteiger partial charge >= 0.3 is 5.97 Å². The van der Waals surface area contributed by atoms with Crippen LogP contribution in [-0.4, -0.2) is 38.0 Å². The van der Waals surface area contributed by atoms with E-state index >= 15 is 4.39 Å². The third-order valence-electron chi connectivity index (χ3n) is 6.75. The van der Waals surface area contributed by atoms with Crippen molar-refractivity contribution in [1.29, 1.82) is 0 Å². The number of hydrogen-bond donors (Lipinski definition) is 2.